The highest BCUT2D eigenvalue weighted by molar-refractivity contribution is 5.74. The zero-order valence-electron chi connectivity index (χ0n) is 8.45. The molecule has 4 heteroatoms. The minimum absolute atomic E-state index is 0.524. The molecule has 0 aliphatic heterocycles. The molecule has 4 N–H and O–H groups in total. The third kappa shape index (κ3) is 6.54. The van der Waals surface area contributed by atoms with Crippen LogP contribution in [0, 0.1) is 5.92 Å². The number of hydrogen-bond acceptors (Lipinski definition) is 4. The molecule has 0 saturated heterocycles. The fourth-order valence-electron chi connectivity index (χ4n) is 1.12. The summed E-state index contributed by atoms with van der Waals surface area (Å²) in [6.45, 7) is 4.35. The van der Waals surface area contributed by atoms with Gasteiger partial charge in [0.2, 0.25) is 0 Å². The van der Waals surface area contributed by atoms with Gasteiger partial charge in [-0.05, 0) is 12.3 Å². The molecule has 0 aliphatic carbocycles. The van der Waals surface area contributed by atoms with Crippen molar-refractivity contribution in [3.63, 3.8) is 0 Å². The van der Waals surface area contributed by atoms with Gasteiger partial charge in [0.25, 0.3) is 0 Å². The van der Waals surface area contributed by atoms with Crippen LogP contribution in [0.1, 0.15) is 39.5 Å². The maximum atomic E-state index is 10.8. The lowest BCUT2D eigenvalue weighted by Crippen LogP contribution is -2.33. The standard InChI is InChI=1S/C9H20N2O2/c1-7(2)5-3-4-6-8(10)9(12)13-11/h7-8H,3-6,10-11H2,1-2H3. The molecule has 0 amide bonds. The fourth-order valence-corrected chi connectivity index (χ4v) is 1.12. The molecule has 0 aromatic heterocycles. The average Bonchev–Trinajstić information content (AvgIpc) is 2.10. The van der Waals surface area contributed by atoms with Crippen molar-refractivity contribution >= 4 is 5.97 Å². The van der Waals surface area contributed by atoms with Crippen LogP contribution in [-0.2, 0) is 9.63 Å². The summed E-state index contributed by atoms with van der Waals surface area (Å²) in [5.74, 6) is 4.88. The highest BCUT2D eigenvalue weighted by atomic mass is 16.7. The van der Waals surface area contributed by atoms with Crippen LogP contribution in [0.4, 0.5) is 0 Å². The summed E-state index contributed by atoms with van der Waals surface area (Å²) >= 11 is 0. The lowest BCUT2D eigenvalue weighted by Gasteiger charge is -2.08. The van der Waals surface area contributed by atoms with Gasteiger partial charge >= 0.3 is 5.97 Å². The lowest BCUT2D eigenvalue weighted by atomic mass is 10.0. The average molecular weight is 188 g/mol. The quantitative estimate of drug-likeness (QED) is 0.480. The Balaban J connectivity index is 3.37. The van der Waals surface area contributed by atoms with Gasteiger partial charge in [-0.25, -0.2) is 4.79 Å². The van der Waals surface area contributed by atoms with Crippen molar-refractivity contribution in [1.82, 2.24) is 0 Å². The number of unbranched alkanes of at least 4 members (excludes halogenated alkanes) is 1. The van der Waals surface area contributed by atoms with Gasteiger partial charge in [0.15, 0.2) is 0 Å². The summed E-state index contributed by atoms with van der Waals surface area (Å²) in [6, 6.07) is -0.558. The third-order valence-corrected chi connectivity index (χ3v) is 1.97. The summed E-state index contributed by atoms with van der Waals surface area (Å²) in [7, 11) is 0. The van der Waals surface area contributed by atoms with Crippen LogP contribution in [0.5, 0.6) is 0 Å². The molecule has 0 heterocycles. The minimum atomic E-state index is -0.558. The van der Waals surface area contributed by atoms with E-state index in [9.17, 15) is 4.79 Å². The molecule has 1 unspecified atom stereocenters. The molecule has 0 radical (unpaired) electrons. The largest absolute Gasteiger partial charge is 0.372 e. The van der Waals surface area contributed by atoms with Crippen molar-refractivity contribution in [2.45, 2.75) is 45.6 Å². The second kappa shape index (κ2) is 6.86. The Bertz CT molecular complexity index is 149. The monoisotopic (exact) mass is 188 g/mol. The van der Waals surface area contributed by atoms with Crippen molar-refractivity contribution in [1.29, 1.82) is 0 Å². The summed E-state index contributed by atoms with van der Waals surface area (Å²) in [5.41, 5.74) is 5.49. The smallest absolute Gasteiger partial charge is 0.341 e. The number of rotatable bonds is 6. The van der Waals surface area contributed by atoms with Gasteiger partial charge in [-0.15, -0.1) is 0 Å². The first-order chi connectivity index (χ1) is 6.07. The molecule has 0 spiro atoms. The van der Waals surface area contributed by atoms with Crippen molar-refractivity contribution in [3.05, 3.63) is 0 Å². The van der Waals surface area contributed by atoms with Gasteiger partial charge in [-0.3, -0.25) is 0 Å². The molecule has 0 fully saturated rings. The first-order valence-electron chi connectivity index (χ1n) is 4.74. The minimum Gasteiger partial charge on any atom is -0.372 e. The molecule has 0 aliphatic rings. The summed E-state index contributed by atoms with van der Waals surface area (Å²) in [5, 5.41) is 0. The Morgan fingerprint density at radius 3 is 2.31 bits per heavy atom. The summed E-state index contributed by atoms with van der Waals surface area (Å²) in [4.78, 5) is 14.8. The van der Waals surface area contributed by atoms with Crippen LogP contribution in [0.3, 0.4) is 0 Å². The van der Waals surface area contributed by atoms with Gasteiger partial charge in [0.05, 0.1) is 0 Å². The Kier molecular flexibility index (Phi) is 6.54. The van der Waals surface area contributed by atoms with E-state index >= 15 is 0 Å². The Morgan fingerprint density at radius 1 is 1.31 bits per heavy atom. The van der Waals surface area contributed by atoms with Crippen molar-refractivity contribution < 1.29 is 9.63 Å². The second-order valence-corrected chi connectivity index (χ2v) is 3.72. The molecule has 0 bridgehead atoms. The van der Waals surface area contributed by atoms with Gasteiger partial charge in [0, 0.05) is 0 Å². The molecule has 13 heavy (non-hydrogen) atoms. The normalized spacial score (nSPS) is 13.0. The number of carbonyl (C=O) groups excluding carboxylic acids is 1. The van der Waals surface area contributed by atoms with Gasteiger partial charge in [-0.2, -0.15) is 5.90 Å². The van der Waals surface area contributed by atoms with E-state index in [4.69, 9.17) is 11.6 Å². The van der Waals surface area contributed by atoms with E-state index in [1.54, 1.807) is 0 Å². The Labute approximate surface area is 79.6 Å². The van der Waals surface area contributed by atoms with Crippen LogP contribution in [-0.4, -0.2) is 12.0 Å². The fraction of sp³-hybridized carbons (Fsp3) is 0.889. The predicted octanol–water partition coefficient (Wildman–Crippen LogP) is 0.947. The molecule has 1 atom stereocenters. The van der Waals surface area contributed by atoms with Crippen LogP contribution in [0.2, 0.25) is 0 Å². The van der Waals surface area contributed by atoms with Crippen LogP contribution < -0.4 is 11.6 Å². The molecule has 0 aromatic rings. The van der Waals surface area contributed by atoms with Crippen LogP contribution >= 0.6 is 0 Å². The van der Waals surface area contributed by atoms with E-state index in [0.717, 1.165) is 12.8 Å². The number of carbonyl (C=O) groups is 1. The van der Waals surface area contributed by atoms with Crippen molar-refractivity contribution in [3.8, 4) is 0 Å². The topological polar surface area (TPSA) is 78.3 Å². The van der Waals surface area contributed by atoms with E-state index < -0.39 is 12.0 Å². The van der Waals surface area contributed by atoms with Gasteiger partial charge in [0.1, 0.15) is 6.04 Å². The van der Waals surface area contributed by atoms with Crippen LogP contribution in [0.15, 0.2) is 0 Å². The SMILES string of the molecule is CC(C)CCCCC(N)C(=O)ON. The molecule has 78 valence electrons. The zero-order valence-corrected chi connectivity index (χ0v) is 8.45. The van der Waals surface area contributed by atoms with E-state index in [1.165, 1.54) is 6.42 Å². The van der Waals surface area contributed by atoms with Crippen molar-refractivity contribution in [2.24, 2.45) is 17.5 Å². The number of hydrogen-bond donors (Lipinski definition) is 2. The maximum Gasteiger partial charge on any atom is 0.341 e. The van der Waals surface area contributed by atoms with Gasteiger partial charge < -0.3 is 10.6 Å². The molecule has 0 aromatic carbocycles. The third-order valence-electron chi connectivity index (χ3n) is 1.97. The first-order valence-corrected chi connectivity index (χ1v) is 4.74. The molecule has 0 saturated carbocycles. The van der Waals surface area contributed by atoms with E-state index in [0.29, 0.717) is 12.3 Å². The molecule has 0 rings (SSSR count). The second-order valence-electron chi connectivity index (χ2n) is 3.72. The van der Waals surface area contributed by atoms with E-state index in [1.807, 2.05) is 0 Å². The Morgan fingerprint density at radius 2 is 1.85 bits per heavy atom. The highest BCUT2D eigenvalue weighted by Crippen LogP contribution is 2.09. The molecular formula is C9H20N2O2. The molecular weight excluding hydrogens is 168 g/mol. The number of nitrogens with two attached hydrogens (primary N) is 2. The van der Waals surface area contributed by atoms with Gasteiger partial charge in [-0.1, -0.05) is 33.1 Å². The Hall–Kier alpha value is -0.610. The predicted molar refractivity (Wildman–Crippen MR) is 51.6 cm³/mol. The van der Waals surface area contributed by atoms with E-state index in [-0.39, 0.29) is 0 Å². The lowest BCUT2D eigenvalue weighted by molar-refractivity contribution is -0.145. The first kappa shape index (κ1) is 12.4. The maximum absolute atomic E-state index is 10.8. The zero-order chi connectivity index (χ0) is 10.3. The summed E-state index contributed by atoms with van der Waals surface area (Å²) < 4.78 is 0. The van der Waals surface area contributed by atoms with E-state index in [2.05, 4.69) is 18.7 Å². The summed E-state index contributed by atoms with van der Waals surface area (Å²) in [6.07, 6.45) is 3.88. The highest BCUT2D eigenvalue weighted by Gasteiger charge is 2.13. The van der Waals surface area contributed by atoms with Crippen LogP contribution in [0.25, 0.3) is 0 Å². The van der Waals surface area contributed by atoms with Crippen molar-refractivity contribution in [2.75, 3.05) is 0 Å². The molecule has 4 nitrogen and oxygen atoms in total.